The lowest BCUT2D eigenvalue weighted by Crippen LogP contribution is -2.13. The molecule has 0 radical (unpaired) electrons. The average molecular weight is 898 g/mol. The first-order valence-electron chi connectivity index (χ1n) is 24.6. The Kier molecular flexibility index (Phi) is 8.73. The van der Waals surface area contributed by atoms with Gasteiger partial charge in [-0.3, -0.25) is 0 Å². The lowest BCUT2D eigenvalue weighted by atomic mass is 9.77. The summed E-state index contributed by atoms with van der Waals surface area (Å²) in [5.41, 5.74) is 23.6. The highest BCUT2D eigenvalue weighted by Crippen LogP contribution is 2.54. The van der Waals surface area contributed by atoms with Crippen molar-refractivity contribution in [1.82, 2.24) is 0 Å². The zero-order valence-corrected chi connectivity index (χ0v) is 38.8. The van der Waals surface area contributed by atoms with E-state index in [-0.39, 0.29) is 0 Å². The van der Waals surface area contributed by atoms with Gasteiger partial charge in [0.15, 0.2) is 0 Å². The van der Waals surface area contributed by atoms with Crippen molar-refractivity contribution < 1.29 is 0 Å². The zero-order chi connectivity index (χ0) is 46.6. The highest BCUT2D eigenvalue weighted by atomic mass is 15.1. The number of rotatable bonds is 7. The molecule has 0 bridgehead atoms. The topological polar surface area (TPSA) is 3.24 Å². The molecule has 0 saturated carbocycles. The largest absolute Gasteiger partial charge is 0.309 e. The van der Waals surface area contributed by atoms with Gasteiger partial charge in [0.05, 0.1) is 5.69 Å². The summed E-state index contributed by atoms with van der Waals surface area (Å²) in [6.45, 7) is 0. The minimum absolute atomic E-state index is 1.11. The van der Waals surface area contributed by atoms with Crippen LogP contribution in [0.25, 0.3) is 132 Å². The number of hydrogen-bond acceptors (Lipinski definition) is 1. The normalized spacial score (nSPS) is 11.9. The molecule has 328 valence electrons. The SMILES string of the molecule is c1ccc(-c2ccc3cc4c(cc3c2)-c2cc3cc(N(c5ccc6cc7c(cc6c5)-c5cc6cc(-c8ccccc8)ccc6cc5-7)c5c(-c6ccccc6)cccc5-c5ccccc5)ccc3cc2-4)cc1. The van der Waals surface area contributed by atoms with E-state index in [4.69, 9.17) is 0 Å². The summed E-state index contributed by atoms with van der Waals surface area (Å²) in [5, 5.41) is 9.97. The van der Waals surface area contributed by atoms with Gasteiger partial charge in [-0.05, 0) is 206 Å². The Morgan fingerprint density at radius 3 is 0.817 bits per heavy atom. The van der Waals surface area contributed by atoms with Gasteiger partial charge in [0.1, 0.15) is 0 Å². The lowest BCUT2D eigenvalue weighted by Gasteiger charge is -2.32. The fourth-order valence-electron chi connectivity index (χ4n) is 11.6. The lowest BCUT2D eigenvalue weighted by molar-refractivity contribution is 1.29. The number of hydrogen-bond donors (Lipinski definition) is 0. The monoisotopic (exact) mass is 897 g/mol. The molecule has 0 unspecified atom stereocenters. The van der Waals surface area contributed by atoms with Crippen molar-refractivity contribution in [3.63, 3.8) is 0 Å². The third kappa shape index (κ3) is 6.41. The van der Waals surface area contributed by atoms with Crippen LogP contribution in [-0.2, 0) is 0 Å². The predicted molar refractivity (Wildman–Crippen MR) is 302 cm³/mol. The number of benzene rings is 13. The summed E-state index contributed by atoms with van der Waals surface area (Å²) in [4.78, 5) is 2.52. The Morgan fingerprint density at radius 2 is 0.465 bits per heavy atom. The van der Waals surface area contributed by atoms with E-state index in [9.17, 15) is 0 Å². The Morgan fingerprint density at radius 1 is 0.169 bits per heavy atom. The molecule has 2 aliphatic carbocycles. The first-order valence-corrected chi connectivity index (χ1v) is 24.6. The Hall–Kier alpha value is -9.30. The molecule has 2 aliphatic rings. The second-order valence-corrected chi connectivity index (χ2v) is 19.3. The summed E-state index contributed by atoms with van der Waals surface area (Å²) in [6.07, 6.45) is 0. The quantitative estimate of drug-likeness (QED) is 0.154. The van der Waals surface area contributed by atoms with Crippen molar-refractivity contribution >= 4 is 60.2 Å². The Balaban J connectivity index is 0.895. The number of para-hydroxylation sites is 1. The standard InChI is InChI=1S/C70H43N/c1-5-14-44(15-6-1)48-24-26-50-36-62-64-38-52-28-30-58(34-56(52)42-68(64)66(62)40-54(50)32-48)71(70-60(46-18-9-3-10-19-46)22-13-23-61(70)47-20-11-4-12-21-47)59-31-29-53-39-65-63-37-51-27-25-49(45-16-7-2-8-17-45)33-55(51)41-67(63)69(65)43-57(53)35-59/h1-43H. The highest BCUT2D eigenvalue weighted by molar-refractivity contribution is 6.14. The summed E-state index contributed by atoms with van der Waals surface area (Å²) in [7, 11) is 0. The second kappa shape index (κ2) is 15.6. The molecule has 1 heteroatoms. The van der Waals surface area contributed by atoms with Crippen LogP contribution in [0.3, 0.4) is 0 Å². The first kappa shape index (κ1) is 39.7. The Labute approximate surface area is 412 Å². The van der Waals surface area contributed by atoms with Crippen molar-refractivity contribution in [3.05, 3.63) is 261 Å². The van der Waals surface area contributed by atoms with Crippen LogP contribution in [0.1, 0.15) is 0 Å². The maximum absolute atomic E-state index is 2.52. The van der Waals surface area contributed by atoms with Crippen LogP contribution in [-0.4, -0.2) is 0 Å². The van der Waals surface area contributed by atoms with Crippen LogP contribution >= 0.6 is 0 Å². The van der Waals surface area contributed by atoms with Crippen LogP contribution in [0.5, 0.6) is 0 Å². The molecule has 0 fully saturated rings. The second-order valence-electron chi connectivity index (χ2n) is 19.3. The molecule has 0 aliphatic heterocycles. The molecule has 1 nitrogen and oxygen atoms in total. The van der Waals surface area contributed by atoms with E-state index in [1.165, 1.54) is 132 Å². The van der Waals surface area contributed by atoms with E-state index >= 15 is 0 Å². The molecule has 13 aromatic carbocycles. The maximum Gasteiger partial charge on any atom is 0.0618 e. The third-order valence-corrected chi connectivity index (χ3v) is 15.2. The van der Waals surface area contributed by atoms with Crippen LogP contribution in [0, 0.1) is 0 Å². The molecule has 0 atom stereocenters. The summed E-state index contributed by atoms with van der Waals surface area (Å²) >= 11 is 0. The summed E-state index contributed by atoms with van der Waals surface area (Å²) in [5.74, 6) is 0. The maximum atomic E-state index is 2.52. The van der Waals surface area contributed by atoms with E-state index in [1.807, 2.05) is 0 Å². The van der Waals surface area contributed by atoms with Gasteiger partial charge in [-0.2, -0.15) is 0 Å². The molecule has 13 aromatic rings. The van der Waals surface area contributed by atoms with Crippen molar-refractivity contribution in [1.29, 1.82) is 0 Å². The van der Waals surface area contributed by atoms with E-state index < -0.39 is 0 Å². The fourth-order valence-corrected chi connectivity index (χ4v) is 11.6. The molecule has 15 rings (SSSR count). The molecule has 0 heterocycles. The van der Waals surface area contributed by atoms with Crippen LogP contribution in [0.2, 0.25) is 0 Å². The van der Waals surface area contributed by atoms with Gasteiger partial charge >= 0.3 is 0 Å². The molecule has 0 N–H and O–H groups in total. The zero-order valence-electron chi connectivity index (χ0n) is 38.8. The third-order valence-electron chi connectivity index (χ3n) is 15.2. The molecule has 0 aromatic heterocycles. The fraction of sp³-hybridized carbons (Fsp3) is 0. The number of fused-ring (bicyclic) bond motifs is 12. The van der Waals surface area contributed by atoms with Gasteiger partial charge in [-0.1, -0.05) is 176 Å². The minimum atomic E-state index is 1.11. The van der Waals surface area contributed by atoms with Crippen molar-refractivity contribution in [2.75, 3.05) is 4.90 Å². The molecular formula is C70H43N. The average Bonchev–Trinajstić information content (AvgIpc) is 3.44. The number of nitrogens with zero attached hydrogens (tertiary/aromatic N) is 1. The van der Waals surface area contributed by atoms with Crippen molar-refractivity contribution in [3.8, 4) is 89.0 Å². The van der Waals surface area contributed by atoms with Gasteiger partial charge in [0, 0.05) is 22.5 Å². The molecular weight excluding hydrogens is 855 g/mol. The van der Waals surface area contributed by atoms with E-state index in [0.29, 0.717) is 0 Å². The van der Waals surface area contributed by atoms with Crippen LogP contribution < -0.4 is 4.90 Å². The van der Waals surface area contributed by atoms with E-state index in [2.05, 4.69) is 266 Å². The van der Waals surface area contributed by atoms with Crippen LogP contribution in [0.15, 0.2) is 261 Å². The van der Waals surface area contributed by atoms with Gasteiger partial charge in [0.2, 0.25) is 0 Å². The highest BCUT2D eigenvalue weighted by Gasteiger charge is 2.28. The molecule has 0 amide bonds. The molecule has 0 saturated heterocycles. The van der Waals surface area contributed by atoms with Gasteiger partial charge in [0.25, 0.3) is 0 Å². The van der Waals surface area contributed by atoms with Crippen molar-refractivity contribution in [2.45, 2.75) is 0 Å². The molecule has 0 spiro atoms. The summed E-state index contributed by atoms with van der Waals surface area (Å²) in [6, 6.07) is 96.9. The first-order chi connectivity index (χ1) is 35.1. The number of anilines is 3. The van der Waals surface area contributed by atoms with Gasteiger partial charge in [-0.25, -0.2) is 0 Å². The van der Waals surface area contributed by atoms with Gasteiger partial charge in [-0.15, -0.1) is 0 Å². The smallest absolute Gasteiger partial charge is 0.0618 e. The Bertz CT molecular complexity index is 4030. The van der Waals surface area contributed by atoms with Crippen LogP contribution in [0.4, 0.5) is 17.1 Å². The van der Waals surface area contributed by atoms with E-state index in [1.54, 1.807) is 0 Å². The van der Waals surface area contributed by atoms with Crippen molar-refractivity contribution in [2.24, 2.45) is 0 Å². The minimum Gasteiger partial charge on any atom is -0.309 e. The van der Waals surface area contributed by atoms with Gasteiger partial charge < -0.3 is 4.90 Å². The van der Waals surface area contributed by atoms with E-state index in [0.717, 1.165) is 17.1 Å². The molecule has 71 heavy (non-hydrogen) atoms. The summed E-state index contributed by atoms with van der Waals surface area (Å²) < 4.78 is 0. The predicted octanol–water partition coefficient (Wildman–Crippen LogP) is 19.7.